The molecule has 0 saturated heterocycles. The average Bonchev–Trinajstić information content (AvgIpc) is 2.34. The highest BCUT2D eigenvalue weighted by molar-refractivity contribution is 7.99. The number of rotatable bonds is 3. The Morgan fingerprint density at radius 1 is 1.11 bits per heavy atom. The van der Waals surface area contributed by atoms with E-state index in [1.807, 2.05) is 0 Å². The van der Waals surface area contributed by atoms with E-state index >= 15 is 0 Å². The summed E-state index contributed by atoms with van der Waals surface area (Å²) >= 11 is 7.21. The number of hydrogen-bond donors (Lipinski definition) is 1. The van der Waals surface area contributed by atoms with E-state index in [2.05, 4.69) is 0 Å². The van der Waals surface area contributed by atoms with Crippen LogP contribution in [0.4, 0.5) is 5.69 Å². The lowest BCUT2D eigenvalue weighted by Gasteiger charge is -2.03. The van der Waals surface area contributed by atoms with Gasteiger partial charge in [0.1, 0.15) is 5.75 Å². The second-order valence-corrected chi connectivity index (χ2v) is 5.02. The first-order valence-electron chi connectivity index (χ1n) is 4.97. The molecule has 1 N–H and O–H groups in total. The number of halogens is 1. The van der Waals surface area contributed by atoms with E-state index in [1.165, 1.54) is 30.0 Å². The largest absolute Gasteiger partial charge is 0.506 e. The van der Waals surface area contributed by atoms with E-state index in [4.69, 9.17) is 11.6 Å². The Bertz CT molecular complexity index is 586. The molecule has 2 aromatic rings. The van der Waals surface area contributed by atoms with Crippen molar-refractivity contribution in [2.45, 2.75) is 9.79 Å². The molecule has 0 saturated carbocycles. The van der Waals surface area contributed by atoms with Gasteiger partial charge in [-0.1, -0.05) is 23.4 Å². The van der Waals surface area contributed by atoms with Crippen molar-refractivity contribution >= 4 is 29.1 Å². The monoisotopic (exact) mass is 281 g/mol. The lowest BCUT2D eigenvalue weighted by molar-refractivity contribution is -0.384. The molecule has 0 heterocycles. The molecular weight excluding hydrogens is 274 g/mol. The fraction of sp³-hybridized carbons (Fsp3) is 0. The maximum absolute atomic E-state index is 10.5. The molecule has 0 fully saturated rings. The maximum atomic E-state index is 10.5. The number of non-ortho nitro benzene ring substituents is 1. The number of nitro groups is 1. The Morgan fingerprint density at radius 2 is 1.72 bits per heavy atom. The Hall–Kier alpha value is -1.72. The molecule has 0 aliphatic rings. The molecule has 2 aromatic carbocycles. The van der Waals surface area contributed by atoms with Crippen LogP contribution in [0.5, 0.6) is 5.75 Å². The van der Waals surface area contributed by atoms with Gasteiger partial charge in [0.05, 0.1) is 9.95 Å². The average molecular weight is 282 g/mol. The summed E-state index contributed by atoms with van der Waals surface area (Å²) < 4.78 is 0. The second kappa shape index (κ2) is 5.29. The zero-order chi connectivity index (χ0) is 13.1. The van der Waals surface area contributed by atoms with Crippen molar-refractivity contribution in [3.63, 3.8) is 0 Å². The number of phenolic OH excluding ortho intramolecular Hbond substituents is 1. The standard InChI is InChI=1S/C12H8ClNO3S/c13-11-7-10(5-6-12(11)15)18-9-3-1-8(2-4-9)14(16)17/h1-7,15H. The van der Waals surface area contributed by atoms with E-state index in [1.54, 1.807) is 24.3 Å². The van der Waals surface area contributed by atoms with Crippen molar-refractivity contribution in [2.75, 3.05) is 0 Å². The van der Waals surface area contributed by atoms with Crippen molar-refractivity contribution in [1.82, 2.24) is 0 Å². The van der Waals surface area contributed by atoms with Crippen LogP contribution < -0.4 is 0 Å². The van der Waals surface area contributed by atoms with E-state index in [-0.39, 0.29) is 16.5 Å². The zero-order valence-electron chi connectivity index (χ0n) is 9.04. The molecule has 0 spiro atoms. The number of nitro benzene ring substituents is 1. The van der Waals surface area contributed by atoms with Gasteiger partial charge in [0.25, 0.3) is 5.69 Å². The molecule has 0 bridgehead atoms. The lowest BCUT2D eigenvalue weighted by Crippen LogP contribution is -1.86. The molecule has 2 rings (SSSR count). The van der Waals surface area contributed by atoms with E-state index in [0.717, 1.165) is 9.79 Å². The van der Waals surface area contributed by atoms with Crippen LogP contribution in [0.3, 0.4) is 0 Å². The molecule has 0 unspecified atom stereocenters. The van der Waals surface area contributed by atoms with Gasteiger partial charge in [0.15, 0.2) is 0 Å². The fourth-order valence-corrected chi connectivity index (χ4v) is 2.43. The van der Waals surface area contributed by atoms with E-state index in [0.29, 0.717) is 0 Å². The number of phenols is 1. The summed E-state index contributed by atoms with van der Waals surface area (Å²) in [5, 5.41) is 20.1. The first-order chi connectivity index (χ1) is 8.56. The normalized spacial score (nSPS) is 10.3. The summed E-state index contributed by atoms with van der Waals surface area (Å²) in [5.41, 5.74) is 0.0584. The molecule has 0 radical (unpaired) electrons. The minimum atomic E-state index is -0.439. The number of nitrogens with zero attached hydrogens (tertiary/aromatic N) is 1. The third-order valence-corrected chi connectivity index (χ3v) is 3.50. The van der Waals surface area contributed by atoms with Gasteiger partial charge in [-0.15, -0.1) is 0 Å². The summed E-state index contributed by atoms with van der Waals surface area (Å²) in [7, 11) is 0. The van der Waals surface area contributed by atoms with Crippen molar-refractivity contribution in [3.05, 3.63) is 57.6 Å². The van der Waals surface area contributed by atoms with Crippen molar-refractivity contribution < 1.29 is 10.0 Å². The molecular formula is C12H8ClNO3S. The highest BCUT2D eigenvalue weighted by Crippen LogP contribution is 2.33. The predicted octanol–water partition coefficient (Wildman–Crippen LogP) is 4.11. The summed E-state index contributed by atoms with van der Waals surface area (Å²) in [6, 6.07) is 11.1. The van der Waals surface area contributed by atoms with Crippen LogP contribution in [0.15, 0.2) is 52.3 Å². The molecule has 0 atom stereocenters. The quantitative estimate of drug-likeness (QED) is 0.679. The van der Waals surface area contributed by atoms with Gasteiger partial charge in [0.2, 0.25) is 0 Å². The van der Waals surface area contributed by atoms with Crippen LogP contribution in [0.25, 0.3) is 0 Å². The van der Waals surface area contributed by atoms with Gasteiger partial charge in [-0.2, -0.15) is 0 Å². The van der Waals surface area contributed by atoms with Crippen molar-refractivity contribution in [3.8, 4) is 5.75 Å². The maximum Gasteiger partial charge on any atom is 0.269 e. The number of aromatic hydroxyl groups is 1. The van der Waals surface area contributed by atoms with Gasteiger partial charge in [0, 0.05) is 21.9 Å². The third kappa shape index (κ3) is 2.94. The van der Waals surface area contributed by atoms with E-state index in [9.17, 15) is 15.2 Å². The highest BCUT2D eigenvalue weighted by Gasteiger charge is 2.06. The first kappa shape index (κ1) is 12.7. The Balaban J connectivity index is 2.18. The Labute approximate surface area is 112 Å². The molecule has 92 valence electrons. The topological polar surface area (TPSA) is 63.4 Å². The van der Waals surface area contributed by atoms with Crippen molar-refractivity contribution in [1.29, 1.82) is 0 Å². The van der Waals surface area contributed by atoms with Gasteiger partial charge in [-0.05, 0) is 30.3 Å². The third-order valence-electron chi connectivity index (χ3n) is 2.20. The smallest absolute Gasteiger partial charge is 0.269 e. The first-order valence-corrected chi connectivity index (χ1v) is 6.16. The van der Waals surface area contributed by atoms with Gasteiger partial charge in [-0.25, -0.2) is 0 Å². The van der Waals surface area contributed by atoms with Crippen LogP contribution >= 0.6 is 23.4 Å². The zero-order valence-corrected chi connectivity index (χ0v) is 10.6. The second-order valence-electron chi connectivity index (χ2n) is 3.47. The summed E-state index contributed by atoms with van der Waals surface area (Å²) in [6.07, 6.45) is 0. The van der Waals surface area contributed by atoms with Gasteiger partial charge >= 0.3 is 0 Å². The Kier molecular flexibility index (Phi) is 3.74. The molecule has 4 nitrogen and oxygen atoms in total. The number of hydrogen-bond acceptors (Lipinski definition) is 4. The molecule has 0 aromatic heterocycles. The lowest BCUT2D eigenvalue weighted by atomic mass is 10.3. The Morgan fingerprint density at radius 3 is 2.28 bits per heavy atom. The van der Waals surface area contributed by atoms with Crippen LogP contribution in [0, 0.1) is 10.1 Å². The predicted molar refractivity (Wildman–Crippen MR) is 70.3 cm³/mol. The fourth-order valence-electron chi connectivity index (χ4n) is 1.32. The summed E-state index contributed by atoms with van der Waals surface area (Å²) in [4.78, 5) is 11.8. The van der Waals surface area contributed by atoms with E-state index < -0.39 is 4.92 Å². The van der Waals surface area contributed by atoms with Crippen LogP contribution in [-0.2, 0) is 0 Å². The summed E-state index contributed by atoms with van der Waals surface area (Å²) in [6.45, 7) is 0. The molecule has 0 aliphatic heterocycles. The van der Waals surface area contributed by atoms with Gasteiger partial charge in [-0.3, -0.25) is 10.1 Å². The molecule has 6 heteroatoms. The highest BCUT2D eigenvalue weighted by atomic mass is 35.5. The van der Waals surface area contributed by atoms with Gasteiger partial charge < -0.3 is 5.11 Å². The summed E-state index contributed by atoms with van der Waals surface area (Å²) in [5.74, 6) is 0.0321. The molecule has 0 amide bonds. The van der Waals surface area contributed by atoms with Crippen LogP contribution in [0.2, 0.25) is 5.02 Å². The molecule has 0 aliphatic carbocycles. The van der Waals surface area contributed by atoms with Crippen LogP contribution in [-0.4, -0.2) is 10.0 Å². The minimum Gasteiger partial charge on any atom is -0.506 e. The number of benzene rings is 2. The van der Waals surface area contributed by atoms with Crippen LogP contribution in [0.1, 0.15) is 0 Å². The minimum absolute atomic E-state index is 0.0321. The molecule has 18 heavy (non-hydrogen) atoms. The SMILES string of the molecule is O=[N+]([O-])c1ccc(Sc2ccc(O)c(Cl)c2)cc1. The van der Waals surface area contributed by atoms with Crippen molar-refractivity contribution in [2.24, 2.45) is 0 Å².